The second kappa shape index (κ2) is 10.3. The number of aromatic nitrogens is 3. The molecule has 8 heteroatoms. The third kappa shape index (κ3) is 5.35. The Hall–Kier alpha value is -2.74. The lowest BCUT2D eigenvalue weighted by atomic mass is 9.96. The summed E-state index contributed by atoms with van der Waals surface area (Å²) in [7, 11) is 0. The van der Waals surface area contributed by atoms with Gasteiger partial charge in [-0.3, -0.25) is 24.1 Å². The molecule has 2 aromatic rings. The molecule has 8 nitrogen and oxygen atoms in total. The highest BCUT2D eigenvalue weighted by molar-refractivity contribution is 5.78. The average molecular weight is 440 g/mol. The van der Waals surface area contributed by atoms with Crippen LogP contribution in [0.4, 0.5) is 5.95 Å². The average Bonchev–Trinajstić information content (AvgIpc) is 2.79. The number of ether oxygens (including phenoxy) is 1. The lowest BCUT2D eigenvalue weighted by molar-refractivity contribution is 0.0897. The minimum atomic E-state index is -0.173. The molecular weight excluding hydrogens is 406 g/mol. The van der Waals surface area contributed by atoms with E-state index in [1.165, 1.54) is 19.3 Å². The molecule has 3 heterocycles. The van der Waals surface area contributed by atoms with Gasteiger partial charge in [0, 0.05) is 37.0 Å². The molecule has 1 N–H and O–H groups in total. The minimum Gasteiger partial charge on any atom is -0.378 e. The second-order valence-corrected chi connectivity index (χ2v) is 8.80. The van der Waals surface area contributed by atoms with Crippen LogP contribution in [0.5, 0.6) is 0 Å². The van der Waals surface area contributed by atoms with Gasteiger partial charge in [0.05, 0.1) is 19.3 Å². The van der Waals surface area contributed by atoms with Gasteiger partial charge in [0.1, 0.15) is 5.49 Å². The van der Waals surface area contributed by atoms with E-state index in [4.69, 9.17) is 9.73 Å². The second-order valence-electron chi connectivity index (χ2n) is 8.80. The molecule has 0 radical (unpaired) electrons. The molecule has 0 amide bonds. The van der Waals surface area contributed by atoms with Gasteiger partial charge in [-0.2, -0.15) is 0 Å². The van der Waals surface area contributed by atoms with E-state index in [1.807, 2.05) is 30.9 Å². The number of hydrogen-bond donors (Lipinski definition) is 1. The van der Waals surface area contributed by atoms with Crippen molar-refractivity contribution in [2.24, 2.45) is 4.99 Å². The summed E-state index contributed by atoms with van der Waals surface area (Å²) in [5, 5.41) is 0. The first-order valence-electron chi connectivity index (χ1n) is 11.7. The monoisotopic (exact) mass is 439 g/mol. The zero-order valence-electron chi connectivity index (χ0n) is 19.1. The van der Waals surface area contributed by atoms with Crippen molar-refractivity contribution < 1.29 is 9.53 Å². The first kappa shape index (κ1) is 22.5. The first-order valence-corrected chi connectivity index (χ1v) is 11.7. The third-order valence-corrected chi connectivity index (χ3v) is 6.36. The van der Waals surface area contributed by atoms with Gasteiger partial charge in [0.25, 0.3) is 5.56 Å². The van der Waals surface area contributed by atoms with Crippen LogP contribution >= 0.6 is 0 Å². The summed E-state index contributed by atoms with van der Waals surface area (Å²) in [6, 6.07) is 4.18. The summed E-state index contributed by atoms with van der Waals surface area (Å²) in [6.45, 7) is 6.51. The normalized spacial score (nSPS) is 18.2. The van der Waals surface area contributed by atoms with E-state index in [2.05, 4.69) is 9.97 Å². The molecule has 2 aromatic heterocycles. The van der Waals surface area contributed by atoms with Crippen molar-refractivity contribution in [3.8, 4) is 0 Å². The van der Waals surface area contributed by atoms with Crippen LogP contribution in [-0.2, 0) is 11.2 Å². The first-order chi connectivity index (χ1) is 15.5. The SMILES string of the molecule is Cc1ccn(C(=O)CCc2c(C)nc(N3CCOCC3)[nH]c2=O)c(=NC2CCCCC2)c1. The van der Waals surface area contributed by atoms with Gasteiger partial charge in [-0.05, 0) is 50.8 Å². The Morgan fingerprint density at radius 2 is 1.97 bits per heavy atom. The van der Waals surface area contributed by atoms with E-state index in [0.29, 0.717) is 55.4 Å². The van der Waals surface area contributed by atoms with Gasteiger partial charge in [-0.1, -0.05) is 19.3 Å². The fraction of sp³-hybridized carbons (Fsp3) is 0.583. The van der Waals surface area contributed by atoms with Crippen molar-refractivity contribution in [1.82, 2.24) is 14.5 Å². The summed E-state index contributed by atoms with van der Waals surface area (Å²) < 4.78 is 7.01. The highest BCUT2D eigenvalue weighted by atomic mass is 16.5. The number of hydrogen-bond acceptors (Lipinski definition) is 6. The van der Waals surface area contributed by atoms with E-state index in [0.717, 1.165) is 18.4 Å². The van der Waals surface area contributed by atoms with E-state index in [9.17, 15) is 9.59 Å². The Balaban J connectivity index is 1.50. The number of rotatable bonds is 5. The lowest BCUT2D eigenvalue weighted by Crippen LogP contribution is -2.38. The summed E-state index contributed by atoms with van der Waals surface area (Å²) in [4.78, 5) is 40.2. The number of pyridine rings is 1. The fourth-order valence-electron chi connectivity index (χ4n) is 4.46. The predicted octanol–water partition coefficient (Wildman–Crippen LogP) is 2.53. The molecule has 1 saturated carbocycles. The maximum Gasteiger partial charge on any atom is 0.255 e. The van der Waals surface area contributed by atoms with Crippen LogP contribution in [0.2, 0.25) is 0 Å². The van der Waals surface area contributed by atoms with E-state index in [-0.39, 0.29) is 23.9 Å². The molecule has 0 bridgehead atoms. The number of aromatic amines is 1. The number of carbonyl (C=O) groups is 1. The molecule has 2 aliphatic rings. The highest BCUT2D eigenvalue weighted by Crippen LogP contribution is 2.19. The zero-order chi connectivity index (χ0) is 22.5. The largest absolute Gasteiger partial charge is 0.378 e. The fourth-order valence-corrected chi connectivity index (χ4v) is 4.46. The van der Waals surface area contributed by atoms with Crippen LogP contribution in [0.1, 0.15) is 60.1 Å². The van der Waals surface area contributed by atoms with E-state index in [1.54, 1.807) is 10.8 Å². The maximum atomic E-state index is 13.1. The van der Waals surface area contributed by atoms with Gasteiger partial charge in [0.2, 0.25) is 11.9 Å². The Kier molecular flexibility index (Phi) is 7.19. The molecule has 0 spiro atoms. The van der Waals surface area contributed by atoms with Crippen molar-refractivity contribution >= 4 is 11.9 Å². The quantitative estimate of drug-likeness (QED) is 0.773. The van der Waals surface area contributed by atoms with E-state index >= 15 is 0 Å². The van der Waals surface area contributed by atoms with Gasteiger partial charge >= 0.3 is 0 Å². The van der Waals surface area contributed by atoms with Crippen LogP contribution in [0.15, 0.2) is 28.1 Å². The number of anilines is 1. The molecule has 0 aromatic carbocycles. The Morgan fingerprint density at radius 1 is 1.22 bits per heavy atom. The Bertz CT molecular complexity index is 1080. The van der Waals surface area contributed by atoms with E-state index < -0.39 is 0 Å². The van der Waals surface area contributed by atoms with Crippen molar-refractivity contribution in [3.05, 3.63) is 51.0 Å². The summed E-state index contributed by atoms with van der Waals surface area (Å²) in [5.74, 6) is 0.517. The van der Waals surface area contributed by atoms with Crippen molar-refractivity contribution in [2.75, 3.05) is 31.2 Å². The van der Waals surface area contributed by atoms with Crippen molar-refractivity contribution in [1.29, 1.82) is 0 Å². The van der Waals surface area contributed by atoms with Crippen LogP contribution < -0.4 is 15.9 Å². The molecule has 1 saturated heterocycles. The van der Waals surface area contributed by atoms with Crippen LogP contribution in [0.25, 0.3) is 0 Å². The molecular formula is C24H33N5O3. The number of nitrogens with zero attached hydrogens (tertiary/aromatic N) is 4. The smallest absolute Gasteiger partial charge is 0.255 e. The van der Waals surface area contributed by atoms with Gasteiger partial charge in [-0.15, -0.1) is 0 Å². The number of nitrogens with one attached hydrogen (secondary N) is 1. The lowest BCUT2D eigenvalue weighted by Gasteiger charge is -2.27. The van der Waals surface area contributed by atoms with Crippen molar-refractivity contribution in [2.45, 2.75) is 64.8 Å². The molecule has 4 rings (SSSR count). The van der Waals surface area contributed by atoms with Gasteiger partial charge < -0.3 is 9.64 Å². The third-order valence-electron chi connectivity index (χ3n) is 6.36. The Labute approximate surface area is 188 Å². The molecule has 2 fully saturated rings. The zero-order valence-corrected chi connectivity index (χ0v) is 19.1. The summed E-state index contributed by atoms with van der Waals surface area (Å²) in [5.41, 5.74) is 2.86. The minimum absolute atomic E-state index is 0.0596. The molecule has 0 atom stereocenters. The summed E-state index contributed by atoms with van der Waals surface area (Å²) in [6.07, 6.45) is 8.20. The van der Waals surface area contributed by atoms with Crippen molar-refractivity contribution in [3.63, 3.8) is 0 Å². The number of carbonyl (C=O) groups excluding carboxylic acids is 1. The van der Waals surface area contributed by atoms with Gasteiger partial charge in [-0.25, -0.2) is 4.98 Å². The van der Waals surface area contributed by atoms with Crippen LogP contribution in [-0.4, -0.2) is 52.8 Å². The highest BCUT2D eigenvalue weighted by Gasteiger charge is 2.18. The molecule has 0 unspecified atom stereocenters. The Morgan fingerprint density at radius 3 is 2.69 bits per heavy atom. The van der Waals surface area contributed by atoms with Gasteiger partial charge in [0.15, 0.2) is 0 Å². The molecule has 32 heavy (non-hydrogen) atoms. The molecule has 1 aliphatic carbocycles. The predicted molar refractivity (Wildman–Crippen MR) is 123 cm³/mol. The molecule has 1 aliphatic heterocycles. The topological polar surface area (TPSA) is 92.6 Å². The van der Waals surface area contributed by atoms with Crippen LogP contribution in [0.3, 0.4) is 0 Å². The summed E-state index contributed by atoms with van der Waals surface area (Å²) >= 11 is 0. The number of H-pyrrole nitrogens is 1. The number of aryl methyl sites for hydroxylation is 2. The molecule has 172 valence electrons. The standard InChI is InChI=1S/C24H33N5O3/c1-17-10-11-29(21(16-17)26-19-6-4-3-5-7-19)22(30)9-8-20-18(2)25-24(27-23(20)31)28-12-14-32-15-13-28/h10-11,16,19H,3-9,12-15H2,1-2H3,(H,25,27,31). The maximum absolute atomic E-state index is 13.1. The van der Waals surface area contributed by atoms with Crippen LogP contribution in [0, 0.1) is 13.8 Å². The number of morpholine rings is 1.